The van der Waals surface area contributed by atoms with Gasteiger partial charge in [0.05, 0.1) is 11.4 Å². The number of halogens is 2. The van der Waals surface area contributed by atoms with Crippen LogP contribution in [0.25, 0.3) is 5.65 Å². The maximum absolute atomic E-state index is 14.0. The third kappa shape index (κ3) is 3.26. The van der Waals surface area contributed by atoms with Crippen LogP contribution in [0.5, 0.6) is 0 Å². The summed E-state index contributed by atoms with van der Waals surface area (Å²) in [5.41, 5.74) is 9.21. The molecule has 3 heterocycles. The van der Waals surface area contributed by atoms with Crippen LogP contribution in [-0.2, 0) is 6.54 Å². The molecule has 26 heavy (non-hydrogen) atoms. The summed E-state index contributed by atoms with van der Waals surface area (Å²) < 4.78 is 28.7. The lowest BCUT2D eigenvalue weighted by Gasteiger charge is -2.32. The smallest absolute Gasteiger partial charge is 0.157 e. The molecule has 3 aromatic rings. The Balaban J connectivity index is 1.55. The van der Waals surface area contributed by atoms with Crippen molar-refractivity contribution in [1.82, 2.24) is 19.5 Å². The minimum absolute atomic E-state index is 0.231. The van der Waals surface area contributed by atoms with Gasteiger partial charge in [0.15, 0.2) is 5.65 Å². The highest BCUT2D eigenvalue weighted by Crippen LogP contribution is 2.28. The first-order chi connectivity index (χ1) is 12.5. The zero-order valence-electron chi connectivity index (χ0n) is 14.6. The fraction of sp³-hybridized carbons (Fsp3) is 0.368. The molecule has 1 unspecified atom stereocenters. The molecular weight excluding hydrogens is 336 g/mol. The Kier molecular flexibility index (Phi) is 4.32. The highest BCUT2D eigenvalue weighted by atomic mass is 19.1. The molecule has 0 aliphatic carbocycles. The Hall–Kier alpha value is -2.54. The zero-order chi connectivity index (χ0) is 18.3. The van der Waals surface area contributed by atoms with Gasteiger partial charge >= 0.3 is 0 Å². The maximum Gasteiger partial charge on any atom is 0.157 e. The Morgan fingerprint density at radius 2 is 2.08 bits per heavy atom. The molecule has 1 atom stereocenters. The van der Waals surface area contributed by atoms with E-state index in [1.54, 1.807) is 4.52 Å². The summed E-state index contributed by atoms with van der Waals surface area (Å²) in [7, 11) is 0. The molecule has 1 fully saturated rings. The monoisotopic (exact) mass is 357 g/mol. The number of aryl methyl sites for hydroxylation is 1. The van der Waals surface area contributed by atoms with Crippen LogP contribution in [0.3, 0.4) is 0 Å². The highest BCUT2D eigenvalue weighted by Gasteiger charge is 2.24. The molecule has 0 amide bonds. The Morgan fingerprint density at radius 3 is 2.88 bits per heavy atom. The summed E-state index contributed by atoms with van der Waals surface area (Å²) in [6.07, 6.45) is 2.01. The Labute approximate surface area is 150 Å². The normalized spacial score (nSPS) is 18.5. The van der Waals surface area contributed by atoms with Crippen molar-refractivity contribution in [2.24, 2.45) is 0 Å². The molecule has 4 rings (SSSR count). The average Bonchev–Trinajstić information content (AvgIpc) is 2.99. The van der Waals surface area contributed by atoms with E-state index < -0.39 is 11.6 Å². The van der Waals surface area contributed by atoms with E-state index in [1.807, 2.05) is 19.1 Å². The van der Waals surface area contributed by atoms with Crippen molar-refractivity contribution < 1.29 is 8.78 Å². The molecule has 0 bridgehead atoms. The largest absolute Gasteiger partial charge is 0.384 e. The van der Waals surface area contributed by atoms with E-state index in [4.69, 9.17) is 10.7 Å². The molecule has 0 spiro atoms. The molecule has 7 heteroatoms. The summed E-state index contributed by atoms with van der Waals surface area (Å²) in [4.78, 5) is 6.91. The predicted octanol–water partition coefficient (Wildman–Crippen LogP) is 3.28. The Morgan fingerprint density at radius 1 is 1.23 bits per heavy atom. The van der Waals surface area contributed by atoms with E-state index in [-0.39, 0.29) is 5.92 Å². The van der Waals surface area contributed by atoms with Gasteiger partial charge in [-0.15, -0.1) is 0 Å². The number of rotatable bonds is 3. The fourth-order valence-electron chi connectivity index (χ4n) is 3.67. The average molecular weight is 357 g/mol. The minimum atomic E-state index is -0.549. The molecule has 5 nitrogen and oxygen atoms in total. The molecule has 1 aliphatic rings. The van der Waals surface area contributed by atoms with Crippen LogP contribution in [0, 0.1) is 18.6 Å². The first-order valence-corrected chi connectivity index (χ1v) is 8.78. The van der Waals surface area contributed by atoms with Crippen LogP contribution in [0.2, 0.25) is 0 Å². The number of benzene rings is 1. The number of nitrogens with zero attached hydrogens (tertiary/aromatic N) is 4. The van der Waals surface area contributed by atoms with Gasteiger partial charge in [0.25, 0.3) is 0 Å². The lowest BCUT2D eigenvalue weighted by molar-refractivity contribution is 0.196. The topological polar surface area (TPSA) is 59.5 Å². The van der Waals surface area contributed by atoms with Gasteiger partial charge in [-0.3, -0.25) is 4.90 Å². The summed E-state index contributed by atoms with van der Waals surface area (Å²) in [6.45, 7) is 4.03. The standard InChI is InChI=1S/C19H21F2N5/c1-12-7-19-23-17(9-18(22)26(19)24-12)14-3-2-6-25(11-14)10-13-4-5-15(20)8-16(13)21/h4-5,7-9,14H,2-3,6,10-11,22H2,1H3. The van der Waals surface area contributed by atoms with Gasteiger partial charge in [-0.1, -0.05) is 6.07 Å². The molecule has 1 saturated heterocycles. The highest BCUT2D eigenvalue weighted by molar-refractivity contribution is 5.48. The molecular formula is C19H21F2N5. The van der Waals surface area contributed by atoms with Crippen LogP contribution in [0.1, 0.15) is 35.7 Å². The molecule has 0 radical (unpaired) electrons. The van der Waals surface area contributed by atoms with E-state index in [9.17, 15) is 8.78 Å². The van der Waals surface area contributed by atoms with Crippen molar-refractivity contribution in [3.63, 3.8) is 0 Å². The van der Waals surface area contributed by atoms with Crippen LogP contribution in [0.4, 0.5) is 14.6 Å². The lowest BCUT2D eigenvalue weighted by atomic mass is 9.94. The molecule has 1 aliphatic heterocycles. The van der Waals surface area contributed by atoms with Crippen molar-refractivity contribution in [3.05, 3.63) is 58.9 Å². The molecule has 2 aromatic heterocycles. The van der Waals surface area contributed by atoms with Crippen molar-refractivity contribution in [3.8, 4) is 0 Å². The second-order valence-corrected chi connectivity index (χ2v) is 6.97. The van der Waals surface area contributed by atoms with E-state index in [2.05, 4.69) is 10.00 Å². The number of aromatic nitrogens is 3. The van der Waals surface area contributed by atoms with Gasteiger partial charge in [0.1, 0.15) is 17.5 Å². The summed E-state index contributed by atoms with van der Waals surface area (Å²) >= 11 is 0. The summed E-state index contributed by atoms with van der Waals surface area (Å²) in [5.74, 6) is -0.243. The number of anilines is 1. The van der Waals surface area contributed by atoms with Crippen molar-refractivity contribution in [1.29, 1.82) is 0 Å². The second-order valence-electron chi connectivity index (χ2n) is 6.97. The van der Waals surface area contributed by atoms with E-state index in [0.29, 0.717) is 17.9 Å². The van der Waals surface area contributed by atoms with E-state index in [0.717, 1.165) is 49.0 Å². The first kappa shape index (κ1) is 16.9. The third-order valence-corrected chi connectivity index (χ3v) is 4.93. The van der Waals surface area contributed by atoms with Crippen molar-refractivity contribution in [2.45, 2.75) is 32.2 Å². The first-order valence-electron chi connectivity index (χ1n) is 8.78. The van der Waals surface area contributed by atoms with Crippen LogP contribution in [-0.4, -0.2) is 32.6 Å². The predicted molar refractivity (Wildman–Crippen MR) is 95.7 cm³/mol. The third-order valence-electron chi connectivity index (χ3n) is 4.93. The fourth-order valence-corrected chi connectivity index (χ4v) is 3.67. The number of hydrogen-bond acceptors (Lipinski definition) is 4. The summed E-state index contributed by atoms with van der Waals surface area (Å²) in [5, 5.41) is 4.33. The zero-order valence-corrected chi connectivity index (χ0v) is 14.6. The number of nitrogens with two attached hydrogens (primary N) is 1. The second kappa shape index (κ2) is 6.64. The minimum Gasteiger partial charge on any atom is -0.384 e. The van der Waals surface area contributed by atoms with E-state index >= 15 is 0 Å². The van der Waals surface area contributed by atoms with Crippen LogP contribution < -0.4 is 5.73 Å². The van der Waals surface area contributed by atoms with Crippen molar-refractivity contribution >= 4 is 11.5 Å². The van der Waals surface area contributed by atoms with Gasteiger partial charge in [-0.2, -0.15) is 9.61 Å². The van der Waals surface area contributed by atoms with E-state index in [1.165, 1.54) is 12.1 Å². The van der Waals surface area contributed by atoms with Gasteiger partial charge < -0.3 is 5.73 Å². The number of piperidine rings is 1. The number of fused-ring (bicyclic) bond motifs is 1. The molecule has 2 N–H and O–H groups in total. The number of nitrogen functional groups attached to an aromatic ring is 1. The molecule has 0 saturated carbocycles. The van der Waals surface area contributed by atoms with Crippen LogP contribution >= 0.6 is 0 Å². The van der Waals surface area contributed by atoms with Crippen molar-refractivity contribution in [2.75, 3.05) is 18.8 Å². The van der Waals surface area contributed by atoms with Gasteiger partial charge in [-0.25, -0.2) is 13.8 Å². The van der Waals surface area contributed by atoms with Crippen LogP contribution in [0.15, 0.2) is 30.3 Å². The van der Waals surface area contributed by atoms with Gasteiger partial charge in [-0.05, 0) is 32.4 Å². The molecule has 1 aromatic carbocycles. The quantitative estimate of drug-likeness (QED) is 0.782. The summed E-state index contributed by atoms with van der Waals surface area (Å²) in [6, 6.07) is 7.55. The van der Waals surface area contributed by atoms with Gasteiger partial charge in [0, 0.05) is 42.8 Å². The lowest BCUT2D eigenvalue weighted by Crippen LogP contribution is -2.34. The molecule has 136 valence electrons. The maximum atomic E-state index is 14.0. The SMILES string of the molecule is Cc1cc2nc(C3CCCN(Cc4ccc(F)cc4F)C3)cc(N)n2n1. The number of hydrogen-bond donors (Lipinski definition) is 1. The Bertz CT molecular complexity index is 952. The number of likely N-dealkylation sites (tertiary alicyclic amines) is 1. The van der Waals surface area contributed by atoms with Gasteiger partial charge in [0.2, 0.25) is 0 Å².